The molecule has 3 aromatic rings. The van der Waals surface area contributed by atoms with Crippen LogP contribution in [0.4, 0.5) is 22.0 Å². The van der Waals surface area contributed by atoms with E-state index >= 15 is 0 Å². The van der Waals surface area contributed by atoms with Crippen molar-refractivity contribution in [1.82, 2.24) is 14.8 Å². The Morgan fingerprint density at radius 2 is 1.56 bits per heavy atom. The fourth-order valence-corrected chi connectivity index (χ4v) is 2.16. The number of aromatic nitrogens is 3. The van der Waals surface area contributed by atoms with E-state index in [1.165, 1.54) is 23.1 Å². The zero-order valence-corrected chi connectivity index (χ0v) is 13.6. The maximum absolute atomic E-state index is 12.9. The van der Waals surface area contributed by atoms with Crippen molar-refractivity contribution in [3.8, 4) is 22.8 Å². The second kappa shape index (κ2) is 6.82. The van der Waals surface area contributed by atoms with Gasteiger partial charge >= 0.3 is 12.3 Å². The Labute approximate surface area is 150 Å². The molecule has 140 valence electrons. The molecule has 0 N–H and O–H groups in total. The molecule has 3 rings (SSSR count). The maximum atomic E-state index is 12.9. The molecule has 4 nitrogen and oxygen atoms in total. The molecule has 0 aliphatic carbocycles. The van der Waals surface area contributed by atoms with Crippen LogP contribution in [0, 0.1) is 0 Å². The molecular formula is C18H12F5N3O. The minimum Gasteiger partial charge on any atom is -0.426 e. The summed E-state index contributed by atoms with van der Waals surface area (Å²) in [7, 11) is 0. The highest BCUT2D eigenvalue weighted by Gasteiger charge is 2.61. The lowest BCUT2D eigenvalue weighted by atomic mass is 10.1. The predicted molar refractivity (Wildman–Crippen MR) is 88.5 cm³/mol. The minimum atomic E-state index is -5.80. The smallest absolute Gasteiger partial charge is 0.426 e. The molecule has 0 amide bonds. The first kappa shape index (κ1) is 18.6. The van der Waals surface area contributed by atoms with Crippen LogP contribution in [-0.4, -0.2) is 27.0 Å². The van der Waals surface area contributed by atoms with Crippen LogP contribution < -0.4 is 4.74 Å². The van der Waals surface area contributed by atoms with Crippen LogP contribution in [-0.2, 0) is 0 Å². The molecule has 0 fully saturated rings. The van der Waals surface area contributed by atoms with Crippen molar-refractivity contribution >= 4 is 6.08 Å². The van der Waals surface area contributed by atoms with E-state index in [9.17, 15) is 22.0 Å². The number of ether oxygens (including phenoxy) is 1. The maximum Gasteiger partial charge on any atom is 0.499 e. The lowest BCUT2D eigenvalue weighted by Gasteiger charge is -2.20. The number of rotatable bonds is 5. The summed E-state index contributed by atoms with van der Waals surface area (Å²) in [5.41, 5.74) is 2.10. The van der Waals surface area contributed by atoms with Crippen molar-refractivity contribution in [3.05, 3.63) is 67.0 Å². The summed E-state index contributed by atoms with van der Waals surface area (Å²) in [5.74, 6) is -0.198. The quantitative estimate of drug-likeness (QED) is 0.577. The van der Waals surface area contributed by atoms with E-state index in [0.29, 0.717) is 11.5 Å². The van der Waals surface area contributed by atoms with E-state index in [-0.39, 0.29) is 0 Å². The molecule has 0 saturated carbocycles. The molecule has 0 radical (unpaired) electrons. The molecule has 0 spiro atoms. The summed E-state index contributed by atoms with van der Waals surface area (Å²) in [6.45, 7) is 3.66. The van der Waals surface area contributed by atoms with Gasteiger partial charge in [0.25, 0.3) is 0 Å². The molecule has 0 aliphatic heterocycles. The van der Waals surface area contributed by atoms with Gasteiger partial charge in [0.05, 0.1) is 5.69 Å². The summed E-state index contributed by atoms with van der Waals surface area (Å²) >= 11 is 0. The van der Waals surface area contributed by atoms with Crippen LogP contribution in [0.25, 0.3) is 23.2 Å². The van der Waals surface area contributed by atoms with Crippen molar-refractivity contribution in [2.24, 2.45) is 0 Å². The topological polar surface area (TPSA) is 39.9 Å². The van der Waals surface area contributed by atoms with Gasteiger partial charge in [0.1, 0.15) is 12.1 Å². The van der Waals surface area contributed by atoms with Crippen LogP contribution in [0.1, 0.15) is 5.56 Å². The van der Waals surface area contributed by atoms with E-state index in [0.717, 1.165) is 23.3 Å². The number of halogens is 5. The Morgan fingerprint density at radius 1 is 0.926 bits per heavy atom. The zero-order valence-electron chi connectivity index (χ0n) is 13.6. The third-order valence-electron chi connectivity index (χ3n) is 3.57. The Bertz CT molecular complexity index is 931. The first-order chi connectivity index (χ1) is 12.7. The number of alkyl halides is 5. The summed E-state index contributed by atoms with van der Waals surface area (Å²) in [6, 6.07) is 11.9. The molecule has 0 aliphatic rings. The number of hydrogen-bond acceptors (Lipinski definition) is 3. The SMILES string of the molecule is C=Cc1ccc(-c2ncn(-c3ccc(OC(F)(F)C(F)(F)F)cc3)n2)cc1. The Morgan fingerprint density at radius 3 is 2.11 bits per heavy atom. The first-order valence-electron chi connectivity index (χ1n) is 7.58. The molecule has 0 unspecified atom stereocenters. The Hall–Kier alpha value is -3.23. The van der Waals surface area contributed by atoms with E-state index in [1.807, 2.05) is 24.3 Å². The molecule has 2 aromatic carbocycles. The Kier molecular flexibility index (Phi) is 4.69. The standard InChI is InChI=1S/C18H12F5N3O/c1-2-12-3-5-13(6-4-12)16-24-11-26(25-16)14-7-9-15(10-8-14)27-18(22,23)17(19,20)21/h2-11H,1H2. The van der Waals surface area contributed by atoms with Crippen LogP contribution in [0.5, 0.6) is 5.75 Å². The highest BCUT2D eigenvalue weighted by Crippen LogP contribution is 2.37. The second-order valence-electron chi connectivity index (χ2n) is 5.45. The van der Waals surface area contributed by atoms with Crippen molar-refractivity contribution in [3.63, 3.8) is 0 Å². The molecular weight excluding hydrogens is 369 g/mol. The van der Waals surface area contributed by atoms with Crippen LogP contribution in [0.15, 0.2) is 61.4 Å². The molecule has 0 saturated heterocycles. The summed E-state index contributed by atoms with van der Waals surface area (Å²) < 4.78 is 67.4. The molecule has 1 aromatic heterocycles. The normalized spacial score (nSPS) is 12.0. The van der Waals surface area contributed by atoms with E-state index in [4.69, 9.17) is 0 Å². The molecule has 0 bridgehead atoms. The summed E-state index contributed by atoms with van der Waals surface area (Å²) in [4.78, 5) is 4.16. The number of benzene rings is 2. The fourth-order valence-electron chi connectivity index (χ4n) is 2.16. The van der Waals surface area contributed by atoms with Gasteiger partial charge < -0.3 is 4.74 Å². The monoisotopic (exact) mass is 381 g/mol. The molecule has 1 heterocycles. The predicted octanol–water partition coefficient (Wildman–Crippen LogP) is 5.11. The van der Waals surface area contributed by atoms with Gasteiger partial charge in [-0.25, -0.2) is 9.67 Å². The van der Waals surface area contributed by atoms with Gasteiger partial charge in [0.15, 0.2) is 5.82 Å². The lowest BCUT2D eigenvalue weighted by Crippen LogP contribution is -2.41. The van der Waals surface area contributed by atoms with Gasteiger partial charge in [-0.2, -0.15) is 22.0 Å². The van der Waals surface area contributed by atoms with E-state index in [1.54, 1.807) is 6.08 Å². The van der Waals surface area contributed by atoms with Gasteiger partial charge in [-0.1, -0.05) is 36.9 Å². The summed E-state index contributed by atoms with van der Waals surface area (Å²) in [6.07, 6.45) is -7.97. The zero-order chi connectivity index (χ0) is 19.7. The van der Waals surface area contributed by atoms with Gasteiger partial charge in [0.2, 0.25) is 0 Å². The highest BCUT2D eigenvalue weighted by atomic mass is 19.4. The lowest BCUT2D eigenvalue weighted by molar-refractivity contribution is -0.360. The first-order valence-corrected chi connectivity index (χ1v) is 7.58. The fraction of sp³-hybridized carbons (Fsp3) is 0.111. The van der Waals surface area contributed by atoms with Crippen molar-refractivity contribution in [1.29, 1.82) is 0 Å². The van der Waals surface area contributed by atoms with Crippen molar-refractivity contribution in [2.75, 3.05) is 0 Å². The van der Waals surface area contributed by atoms with Crippen LogP contribution in [0.3, 0.4) is 0 Å². The average molecular weight is 381 g/mol. The van der Waals surface area contributed by atoms with E-state index < -0.39 is 18.0 Å². The second-order valence-corrected chi connectivity index (χ2v) is 5.45. The van der Waals surface area contributed by atoms with Crippen LogP contribution >= 0.6 is 0 Å². The number of nitrogens with zero attached hydrogens (tertiary/aromatic N) is 3. The van der Waals surface area contributed by atoms with Gasteiger partial charge in [-0.3, -0.25) is 0 Å². The third kappa shape index (κ3) is 3.97. The van der Waals surface area contributed by atoms with Gasteiger partial charge in [-0.15, -0.1) is 5.10 Å². The third-order valence-corrected chi connectivity index (χ3v) is 3.57. The highest BCUT2D eigenvalue weighted by molar-refractivity contribution is 5.59. The van der Waals surface area contributed by atoms with Crippen molar-refractivity contribution in [2.45, 2.75) is 12.3 Å². The Balaban J connectivity index is 1.78. The molecule has 27 heavy (non-hydrogen) atoms. The van der Waals surface area contributed by atoms with Crippen LogP contribution in [0.2, 0.25) is 0 Å². The molecule has 0 atom stereocenters. The van der Waals surface area contributed by atoms with Crippen molar-refractivity contribution < 1.29 is 26.7 Å². The summed E-state index contributed by atoms with van der Waals surface area (Å²) in [5, 5.41) is 4.26. The largest absolute Gasteiger partial charge is 0.499 e. The number of hydrogen-bond donors (Lipinski definition) is 0. The minimum absolute atomic E-state index is 0.416. The average Bonchev–Trinajstić information content (AvgIpc) is 3.11. The van der Waals surface area contributed by atoms with Gasteiger partial charge in [-0.05, 0) is 29.8 Å². The molecule has 9 heteroatoms. The van der Waals surface area contributed by atoms with E-state index in [2.05, 4.69) is 21.4 Å². The van der Waals surface area contributed by atoms with Gasteiger partial charge in [0, 0.05) is 5.56 Å².